The summed E-state index contributed by atoms with van der Waals surface area (Å²) in [6, 6.07) is 16.2. The van der Waals surface area contributed by atoms with Gasteiger partial charge in [0.05, 0.1) is 12.0 Å². The molecule has 1 heterocycles. The molecule has 1 aliphatic rings. The van der Waals surface area contributed by atoms with Gasteiger partial charge in [-0.2, -0.15) is 4.31 Å². The molecule has 1 fully saturated rings. The maximum atomic E-state index is 12.9. The second-order valence-electron chi connectivity index (χ2n) is 6.85. The van der Waals surface area contributed by atoms with Crippen LogP contribution in [0.4, 0.5) is 0 Å². The molecule has 2 aromatic rings. The molecule has 3 rings (SSSR count). The quantitative estimate of drug-likeness (QED) is 0.598. The molecule has 0 spiro atoms. The minimum Gasteiger partial charge on any atom is -0.482 e. The largest absolute Gasteiger partial charge is 0.482 e. The van der Waals surface area contributed by atoms with E-state index >= 15 is 0 Å². The Hall–Kier alpha value is -2.68. The molecule has 0 aliphatic carbocycles. The van der Waals surface area contributed by atoms with Gasteiger partial charge in [-0.05, 0) is 29.8 Å². The van der Waals surface area contributed by atoms with E-state index in [9.17, 15) is 13.2 Å². The van der Waals surface area contributed by atoms with Crippen LogP contribution in [0.25, 0.3) is 6.08 Å². The average molecular weight is 431 g/mol. The molecule has 30 heavy (non-hydrogen) atoms. The Balaban J connectivity index is 1.51. The van der Waals surface area contributed by atoms with Gasteiger partial charge in [0.1, 0.15) is 5.75 Å². The van der Waals surface area contributed by atoms with Crippen LogP contribution in [0.5, 0.6) is 5.75 Å². The number of hydrogen-bond donors (Lipinski definition) is 0. The molecule has 0 aromatic heterocycles. The van der Waals surface area contributed by atoms with Crippen molar-refractivity contribution in [2.75, 3.05) is 46.4 Å². The highest BCUT2D eigenvalue weighted by Crippen LogP contribution is 2.21. The number of hydrogen-bond acceptors (Lipinski definition) is 6. The van der Waals surface area contributed by atoms with E-state index < -0.39 is 16.0 Å². The van der Waals surface area contributed by atoms with E-state index in [-0.39, 0.29) is 11.5 Å². The highest BCUT2D eigenvalue weighted by molar-refractivity contribution is 7.89. The maximum Gasteiger partial charge on any atom is 0.343 e. The Kier molecular flexibility index (Phi) is 7.62. The molecule has 1 aliphatic heterocycles. The maximum absolute atomic E-state index is 12.9. The number of ether oxygens (including phenoxy) is 2. The fraction of sp³-hybridized carbons (Fsp3) is 0.318. The number of benzene rings is 2. The van der Waals surface area contributed by atoms with Crippen molar-refractivity contribution in [2.45, 2.75) is 4.90 Å². The summed E-state index contributed by atoms with van der Waals surface area (Å²) in [5.74, 6) is -0.0856. The highest BCUT2D eigenvalue weighted by atomic mass is 32.2. The lowest BCUT2D eigenvalue weighted by atomic mass is 10.2. The Morgan fingerprint density at radius 1 is 1.00 bits per heavy atom. The number of carbonyl (C=O) groups excluding carboxylic acids is 1. The molecule has 0 radical (unpaired) electrons. The van der Waals surface area contributed by atoms with Gasteiger partial charge in [0.15, 0.2) is 6.61 Å². The van der Waals surface area contributed by atoms with Gasteiger partial charge in [-0.1, -0.05) is 42.5 Å². The minimum absolute atomic E-state index is 0.213. The summed E-state index contributed by atoms with van der Waals surface area (Å²) in [7, 11) is -2.28. The predicted octanol–water partition coefficient (Wildman–Crippen LogP) is 2.26. The number of esters is 1. The highest BCUT2D eigenvalue weighted by Gasteiger charge is 2.28. The topological polar surface area (TPSA) is 76.1 Å². The molecule has 7 nitrogen and oxygen atoms in total. The lowest BCUT2D eigenvalue weighted by Crippen LogP contribution is -2.48. The first-order valence-corrected chi connectivity index (χ1v) is 11.2. The summed E-state index contributed by atoms with van der Waals surface area (Å²) in [6.07, 6.45) is 4.18. The lowest BCUT2D eigenvalue weighted by molar-refractivity contribution is -0.142. The molecule has 0 unspecified atom stereocenters. The third kappa shape index (κ3) is 5.91. The fourth-order valence-electron chi connectivity index (χ4n) is 3.11. The van der Waals surface area contributed by atoms with E-state index in [4.69, 9.17) is 4.74 Å². The van der Waals surface area contributed by atoms with Crippen molar-refractivity contribution >= 4 is 22.1 Å². The van der Waals surface area contributed by atoms with Crippen molar-refractivity contribution in [3.05, 3.63) is 66.2 Å². The molecule has 0 bridgehead atoms. The van der Waals surface area contributed by atoms with Gasteiger partial charge in [-0.3, -0.25) is 4.90 Å². The van der Waals surface area contributed by atoms with Crippen LogP contribution in [0, 0.1) is 0 Å². The van der Waals surface area contributed by atoms with E-state index in [1.807, 2.05) is 30.3 Å². The van der Waals surface area contributed by atoms with Gasteiger partial charge in [0, 0.05) is 32.7 Å². The van der Waals surface area contributed by atoms with Crippen molar-refractivity contribution in [1.82, 2.24) is 9.21 Å². The van der Waals surface area contributed by atoms with Crippen LogP contribution in [0.1, 0.15) is 5.56 Å². The number of nitrogens with zero attached hydrogens (tertiary/aromatic N) is 2. The summed E-state index contributed by atoms with van der Waals surface area (Å²) in [5.41, 5.74) is 1.15. The first kappa shape index (κ1) is 22.0. The second kappa shape index (κ2) is 10.4. The Labute approximate surface area is 177 Å². The van der Waals surface area contributed by atoms with Crippen LogP contribution in [-0.2, 0) is 19.6 Å². The number of carbonyl (C=O) groups is 1. The Bertz CT molecular complexity index is 951. The first-order valence-electron chi connectivity index (χ1n) is 9.73. The number of piperazine rings is 1. The summed E-state index contributed by atoms with van der Waals surface area (Å²) < 4.78 is 37.1. The number of methoxy groups -OCH3 is 1. The van der Waals surface area contributed by atoms with Gasteiger partial charge >= 0.3 is 5.97 Å². The molecule has 8 heteroatoms. The number of sulfonamides is 1. The van der Waals surface area contributed by atoms with Crippen LogP contribution in [0.3, 0.4) is 0 Å². The summed E-state index contributed by atoms with van der Waals surface area (Å²) in [6.45, 7) is 2.82. The summed E-state index contributed by atoms with van der Waals surface area (Å²) in [4.78, 5) is 13.6. The average Bonchev–Trinajstić information content (AvgIpc) is 2.79. The molecule has 0 N–H and O–H groups in total. The van der Waals surface area contributed by atoms with Gasteiger partial charge in [-0.15, -0.1) is 0 Å². The third-order valence-corrected chi connectivity index (χ3v) is 6.76. The molecular weight excluding hydrogens is 404 g/mol. The zero-order valence-electron chi connectivity index (χ0n) is 16.9. The standard InChI is InChI=1S/C22H26N2O5S/c1-28-22(25)18-29-20-9-11-21(12-10-20)30(26,27)24-16-14-23(15-17-24)13-5-8-19-6-3-2-4-7-19/h2-12H,13-18H2,1H3/b8-5+. The minimum atomic E-state index is -3.56. The van der Waals surface area contributed by atoms with Crippen molar-refractivity contribution in [2.24, 2.45) is 0 Å². The van der Waals surface area contributed by atoms with E-state index in [1.54, 1.807) is 12.1 Å². The van der Waals surface area contributed by atoms with Crippen LogP contribution in [0.15, 0.2) is 65.6 Å². The molecule has 0 amide bonds. The van der Waals surface area contributed by atoms with Gasteiger partial charge in [0.25, 0.3) is 0 Å². The van der Waals surface area contributed by atoms with E-state index in [0.717, 1.165) is 12.1 Å². The van der Waals surface area contributed by atoms with Crippen molar-refractivity contribution in [3.8, 4) is 5.75 Å². The zero-order valence-corrected chi connectivity index (χ0v) is 17.8. The van der Waals surface area contributed by atoms with Gasteiger partial charge < -0.3 is 9.47 Å². The Morgan fingerprint density at radius 2 is 1.67 bits per heavy atom. The smallest absolute Gasteiger partial charge is 0.343 e. The number of rotatable bonds is 8. The molecule has 2 aromatic carbocycles. The zero-order chi connectivity index (χ0) is 21.4. The van der Waals surface area contributed by atoms with Crippen LogP contribution in [0.2, 0.25) is 0 Å². The van der Waals surface area contributed by atoms with Crippen molar-refractivity contribution in [3.63, 3.8) is 0 Å². The predicted molar refractivity (Wildman–Crippen MR) is 115 cm³/mol. The van der Waals surface area contributed by atoms with Crippen molar-refractivity contribution in [1.29, 1.82) is 0 Å². The molecule has 1 saturated heterocycles. The van der Waals surface area contributed by atoms with Crippen molar-refractivity contribution < 1.29 is 22.7 Å². The fourth-order valence-corrected chi connectivity index (χ4v) is 4.53. The SMILES string of the molecule is COC(=O)COc1ccc(S(=O)(=O)N2CCN(C/C=C/c3ccccc3)CC2)cc1. The van der Waals surface area contributed by atoms with Crippen LogP contribution >= 0.6 is 0 Å². The van der Waals surface area contributed by atoms with Gasteiger partial charge in [0.2, 0.25) is 10.0 Å². The van der Waals surface area contributed by atoms with Gasteiger partial charge in [-0.25, -0.2) is 13.2 Å². The molecule has 160 valence electrons. The first-order chi connectivity index (χ1) is 14.5. The lowest BCUT2D eigenvalue weighted by Gasteiger charge is -2.33. The monoisotopic (exact) mass is 430 g/mol. The summed E-state index contributed by atoms with van der Waals surface area (Å²) >= 11 is 0. The molecular formula is C22H26N2O5S. The third-order valence-electron chi connectivity index (χ3n) is 4.85. The second-order valence-corrected chi connectivity index (χ2v) is 8.79. The van der Waals surface area contributed by atoms with Crippen LogP contribution in [-0.4, -0.2) is 70.0 Å². The van der Waals surface area contributed by atoms with E-state index in [2.05, 4.69) is 21.8 Å². The molecule has 0 atom stereocenters. The summed E-state index contributed by atoms with van der Waals surface area (Å²) in [5, 5.41) is 0. The van der Waals surface area contributed by atoms with E-state index in [1.165, 1.54) is 23.5 Å². The molecule has 0 saturated carbocycles. The Morgan fingerprint density at radius 3 is 2.30 bits per heavy atom. The van der Waals surface area contributed by atoms with E-state index in [0.29, 0.717) is 31.9 Å². The normalized spacial score (nSPS) is 15.9. The van der Waals surface area contributed by atoms with Crippen LogP contribution < -0.4 is 4.74 Å².